The standard InChI is InChI=1S/C13H14ClN3/c14-13-7-12(2-1-11(13)8-15)17-9-10-3-5-16-6-4-10/h1-3,7,16-17H,4-6,9H2. The highest BCUT2D eigenvalue weighted by Gasteiger charge is 2.04. The Morgan fingerprint density at radius 3 is 3.00 bits per heavy atom. The molecule has 2 N–H and O–H groups in total. The fourth-order valence-corrected chi connectivity index (χ4v) is 1.98. The van der Waals surface area contributed by atoms with E-state index in [1.54, 1.807) is 12.1 Å². The number of hydrogen-bond acceptors (Lipinski definition) is 3. The largest absolute Gasteiger partial charge is 0.381 e. The summed E-state index contributed by atoms with van der Waals surface area (Å²) in [5.74, 6) is 0. The van der Waals surface area contributed by atoms with E-state index < -0.39 is 0 Å². The molecule has 0 spiro atoms. The normalized spacial score (nSPS) is 14.9. The first-order valence-electron chi connectivity index (χ1n) is 5.62. The third-order valence-corrected chi connectivity index (χ3v) is 3.08. The minimum atomic E-state index is 0.497. The molecule has 0 saturated carbocycles. The maximum absolute atomic E-state index is 8.77. The zero-order valence-electron chi connectivity index (χ0n) is 9.46. The highest BCUT2D eigenvalue weighted by molar-refractivity contribution is 6.32. The van der Waals surface area contributed by atoms with Crippen LogP contribution >= 0.6 is 11.6 Å². The first kappa shape index (κ1) is 12.0. The SMILES string of the molecule is N#Cc1ccc(NCC2=CCNCC2)cc1Cl. The van der Waals surface area contributed by atoms with Crippen molar-refractivity contribution in [1.29, 1.82) is 5.26 Å². The Morgan fingerprint density at radius 1 is 1.47 bits per heavy atom. The van der Waals surface area contributed by atoms with Crippen LogP contribution in [0.1, 0.15) is 12.0 Å². The maximum Gasteiger partial charge on any atom is 0.101 e. The van der Waals surface area contributed by atoms with Crippen molar-refractivity contribution < 1.29 is 0 Å². The number of nitriles is 1. The number of halogens is 1. The summed E-state index contributed by atoms with van der Waals surface area (Å²) >= 11 is 5.96. The van der Waals surface area contributed by atoms with Crippen LogP contribution < -0.4 is 10.6 Å². The molecule has 0 amide bonds. The van der Waals surface area contributed by atoms with E-state index in [0.29, 0.717) is 10.6 Å². The van der Waals surface area contributed by atoms with Crippen molar-refractivity contribution in [3.05, 3.63) is 40.4 Å². The molecule has 0 aromatic heterocycles. The Bertz CT molecular complexity index is 474. The van der Waals surface area contributed by atoms with Gasteiger partial charge in [0.05, 0.1) is 10.6 Å². The first-order chi connectivity index (χ1) is 8.29. The predicted octanol–water partition coefficient (Wildman–Crippen LogP) is 2.54. The van der Waals surface area contributed by atoms with Crippen LogP contribution in [0.2, 0.25) is 5.02 Å². The third-order valence-electron chi connectivity index (χ3n) is 2.77. The first-order valence-corrected chi connectivity index (χ1v) is 5.99. The van der Waals surface area contributed by atoms with Crippen LogP contribution in [0, 0.1) is 11.3 Å². The van der Waals surface area contributed by atoms with E-state index in [4.69, 9.17) is 16.9 Å². The Morgan fingerprint density at radius 2 is 2.35 bits per heavy atom. The van der Waals surface area contributed by atoms with Gasteiger partial charge in [-0.25, -0.2) is 0 Å². The van der Waals surface area contributed by atoms with Gasteiger partial charge in [-0.15, -0.1) is 0 Å². The summed E-state index contributed by atoms with van der Waals surface area (Å²) in [6, 6.07) is 7.46. The minimum absolute atomic E-state index is 0.497. The van der Waals surface area contributed by atoms with E-state index in [0.717, 1.165) is 31.7 Å². The van der Waals surface area contributed by atoms with E-state index in [2.05, 4.69) is 16.7 Å². The number of anilines is 1. The summed E-state index contributed by atoms with van der Waals surface area (Å²) in [7, 11) is 0. The van der Waals surface area contributed by atoms with E-state index in [-0.39, 0.29) is 0 Å². The Hall–Kier alpha value is -1.50. The molecule has 0 aliphatic carbocycles. The zero-order valence-corrected chi connectivity index (χ0v) is 10.2. The second-order valence-corrected chi connectivity index (χ2v) is 4.38. The molecule has 4 heteroatoms. The molecule has 1 heterocycles. The number of nitrogens with zero attached hydrogens (tertiary/aromatic N) is 1. The number of rotatable bonds is 3. The molecule has 88 valence electrons. The van der Waals surface area contributed by atoms with E-state index >= 15 is 0 Å². The lowest BCUT2D eigenvalue weighted by atomic mass is 10.1. The van der Waals surface area contributed by atoms with Gasteiger partial charge in [-0.05, 0) is 31.2 Å². The lowest BCUT2D eigenvalue weighted by molar-refractivity contribution is 0.698. The van der Waals surface area contributed by atoms with Crippen LogP contribution in [0.5, 0.6) is 0 Å². The van der Waals surface area contributed by atoms with Gasteiger partial charge >= 0.3 is 0 Å². The van der Waals surface area contributed by atoms with Crippen LogP contribution in [0.25, 0.3) is 0 Å². The van der Waals surface area contributed by atoms with Crippen LogP contribution in [0.3, 0.4) is 0 Å². The molecular weight excluding hydrogens is 234 g/mol. The fraction of sp³-hybridized carbons (Fsp3) is 0.308. The monoisotopic (exact) mass is 247 g/mol. The van der Waals surface area contributed by atoms with Gasteiger partial charge in [-0.3, -0.25) is 0 Å². The molecule has 17 heavy (non-hydrogen) atoms. The molecule has 1 aromatic rings. The third kappa shape index (κ3) is 3.23. The summed E-state index contributed by atoms with van der Waals surface area (Å²) < 4.78 is 0. The average Bonchev–Trinajstić information content (AvgIpc) is 2.38. The molecule has 0 saturated heterocycles. The lowest BCUT2D eigenvalue weighted by Gasteiger charge is -2.15. The van der Waals surface area contributed by atoms with E-state index in [9.17, 15) is 0 Å². The second kappa shape index (κ2) is 5.72. The van der Waals surface area contributed by atoms with Gasteiger partial charge in [0.1, 0.15) is 6.07 Å². The van der Waals surface area contributed by atoms with Crippen molar-refractivity contribution in [3.63, 3.8) is 0 Å². The number of hydrogen-bond donors (Lipinski definition) is 2. The second-order valence-electron chi connectivity index (χ2n) is 3.98. The topological polar surface area (TPSA) is 47.9 Å². The van der Waals surface area contributed by atoms with Crippen LogP contribution in [0.4, 0.5) is 5.69 Å². The van der Waals surface area contributed by atoms with Gasteiger partial charge in [-0.2, -0.15) is 5.26 Å². The van der Waals surface area contributed by atoms with Crippen molar-refractivity contribution in [2.24, 2.45) is 0 Å². The molecule has 1 aliphatic heterocycles. The minimum Gasteiger partial charge on any atom is -0.381 e. The quantitative estimate of drug-likeness (QED) is 0.807. The summed E-state index contributed by atoms with van der Waals surface area (Å²) in [5, 5.41) is 15.9. The number of nitrogens with one attached hydrogen (secondary N) is 2. The summed E-state index contributed by atoms with van der Waals surface area (Å²) in [6.45, 7) is 2.83. The van der Waals surface area contributed by atoms with Gasteiger partial charge in [0.2, 0.25) is 0 Å². The molecule has 1 aromatic carbocycles. The molecule has 0 radical (unpaired) electrons. The van der Waals surface area contributed by atoms with Crippen molar-refractivity contribution in [3.8, 4) is 6.07 Å². The zero-order chi connectivity index (χ0) is 12.1. The van der Waals surface area contributed by atoms with Gasteiger partial charge in [-0.1, -0.05) is 23.3 Å². The van der Waals surface area contributed by atoms with Crippen LogP contribution in [-0.2, 0) is 0 Å². The van der Waals surface area contributed by atoms with E-state index in [1.807, 2.05) is 12.1 Å². The molecule has 3 nitrogen and oxygen atoms in total. The molecule has 0 unspecified atom stereocenters. The highest BCUT2D eigenvalue weighted by atomic mass is 35.5. The van der Waals surface area contributed by atoms with Crippen molar-refractivity contribution in [2.75, 3.05) is 25.0 Å². The number of benzene rings is 1. The Kier molecular flexibility index (Phi) is 4.03. The van der Waals surface area contributed by atoms with E-state index in [1.165, 1.54) is 5.57 Å². The lowest BCUT2D eigenvalue weighted by Crippen LogP contribution is -2.23. The Balaban J connectivity index is 1.97. The van der Waals surface area contributed by atoms with Gasteiger partial charge in [0.15, 0.2) is 0 Å². The van der Waals surface area contributed by atoms with Crippen LogP contribution in [-0.4, -0.2) is 19.6 Å². The summed E-state index contributed by atoms with van der Waals surface area (Å²) in [4.78, 5) is 0. The Labute approximate surface area is 106 Å². The van der Waals surface area contributed by atoms with Gasteiger partial charge in [0, 0.05) is 18.8 Å². The maximum atomic E-state index is 8.77. The molecule has 0 fully saturated rings. The predicted molar refractivity (Wildman–Crippen MR) is 70.2 cm³/mol. The van der Waals surface area contributed by atoms with Crippen molar-refractivity contribution in [2.45, 2.75) is 6.42 Å². The fourth-order valence-electron chi connectivity index (χ4n) is 1.76. The van der Waals surface area contributed by atoms with Gasteiger partial charge in [0.25, 0.3) is 0 Å². The summed E-state index contributed by atoms with van der Waals surface area (Å²) in [6.07, 6.45) is 3.29. The van der Waals surface area contributed by atoms with Crippen LogP contribution in [0.15, 0.2) is 29.8 Å². The molecule has 1 aliphatic rings. The van der Waals surface area contributed by atoms with Crippen molar-refractivity contribution in [1.82, 2.24) is 5.32 Å². The molecule has 2 rings (SSSR count). The molecule has 0 atom stereocenters. The highest BCUT2D eigenvalue weighted by Crippen LogP contribution is 2.20. The average molecular weight is 248 g/mol. The smallest absolute Gasteiger partial charge is 0.101 e. The van der Waals surface area contributed by atoms with Gasteiger partial charge < -0.3 is 10.6 Å². The van der Waals surface area contributed by atoms with Crippen molar-refractivity contribution >= 4 is 17.3 Å². The molecular formula is C13H14ClN3. The summed E-state index contributed by atoms with van der Waals surface area (Å²) in [5.41, 5.74) is 2.87. The molecule has 0 bridgehead atoms.